The van der Waals surface area contributed by atoms with Crippen molar-refractivity contribution in [2.45, 2.75) is 6.61 Å². The van der Waals surface area contributed by atoms with Gasteiger partial charge < -0.3 is 4.74 Å². The SMILES string of the molecule is N#Cc1cccnc1COc1ccccc1Br. The number of pyridine rings is 1. The summed E-state index contributed by atoms with van der Waals surface area (Å²) in [6.45, 7) is 0.284. The van der Waals surface area contributed by atoms with Crippen molar-refractivity contribution in [3.05, 3.63) is 58.3 Å². The van der Waals surface area contributed by atoms with Crippen molar-refractivity contribution in [1.82, 2.24) is 4.98 Å². The van der Waals surface area contributed by atoms with Crippen LogP contribution in [0.1, 0.15) is 11.3 Å². The summed E-state index contributed by atoms with van der Waals surface area (Å²) in [5.74, 6) is 0.738. The highest BCUT2D eigenvalue weighted by molar-refractivity contribution is 9.10. The summed E-state index contributed by atoms with van der Waals surface area (Å²) in [5, 5.41) is 8.92. The summed E-state index contributed by atoms with van der Waals surface area (Å²) >= 11 is 3.39. The molecule has 0 saturated heterocycles. The maximum absolute atomic E-state index is 8.92. The minimum atomic E-state index is 0.284. The second-order valence-electron chi connectivity index (χ2n) is 3.33. The zero-order valence-electron chi connectivity index (χ0n) is 8.93. The van der Waals surface area contributed by atoms with Crippen LogP contribution < -0.4 is 4.74 Å². The molecular weight excluding hydrogens is 280 g/mol. The van der Waals surface area contributed by atoms with E-state index in [4.69, 9.17) is 10.00 Å². The van der Waals surface area contributed by atoms with Gasteiger partial charge in [-0.2, -0.15) is 5.26 Å². The molecule has 0 aliphatic rings. The number of rotatable bonds is 3. The first-order chi connectivity index (χ1) is 8.31. The van der Waals surface area contributed by atoms with Gasteiger partial charge in [0.1, 0.15) is 18.4 Å². The quantitative estimate of drug-likeness (QED) is 0.871. The van der Waals surface area contributed by atoms with Crippen LogP contribution in [0.25, 0.3) is 0 Å². The van der Waals surface area contributed by atoms with Gasteiger partial charge in [-0.05, 0) is 40.2 Å². The molecule has 0 spiro atoms. The molecule has 3 nitrogen and oxygen atoms in total. The number of hydrogen-bond donors (Lipinski definition) is 0. The average Bonchev–Trinajstić information content (AvgIpc) is 2.38. The van der Waals surface area contributed by atoms with E-state index >= 15 is 0 Å². The van der Waals surface area contributed by atoms with Crippen molar-refractivity contribution in [3.63, 3.8) is 0 Å². The largest absolute Gasteiger partial charge is 0.486 e. The summed E-state index contributed by atoms with van der Waals surface area (Å²) < 4.78 is 6.49. The van der Waals surface area contributed by atoms with Gasteiger partial charge in [-0.3, -0.25) is 4.98 Å². The first-order valence-electron chi connectivity index (χ1n) is 5.02. The first-order valence-corrected chi connectivity index (χ1v) is 5.82. The monoisotopic (exact) mass is 288 g/mol. The molecule has 0 aliphatic carbocycles. The summed E-state index contributed by atoms with van der Waals surface area (Å²) in [6, 6.07) is 13.1. The van der Waals surface area contributed by atoms with E-state index in [0.717, 1.165) is 10.2 Å². The van der Waals surface area contributed by atoms with Crippen LogP contribution in [-0.4, -0.2) is 4.98 Å². The number of nitriles is 1. The fourth-order valence-corrected chi connectivity index (χ4v) is 1.76. The molecule has 4 heteroatoms. The molecule has 17 heavy (non-hydrogen) atoms. The number of ether oxygens (including phenoxy) is 1. The molecule has 0 bridgehead atoms. The van der Waals surface area contributed by atoms with E-state index < -0.39 is 0 Å². The lowest BCUT2D eigenvalue weighted by atomic mass is 10.2. The van der Waals surface area contributed by atoms with Crippen LogP contribution in [0.4, 0.5) is 0 Å². The van der Waals surface area contributed by atoms with Gasteiger partial charge >= 0.3 is 0 Å². The van der Waals surface area contributed by atoms with Gasteiger partial charge in [0.25, 0.3) is 0 Å². The Hall–Kier alpha value is -1.86. The van der Waals surface area contributed by atoms with Gasteiger partial charge in [0.05, 0.1) is 15.7 Å². The Balaban J connectivity index is 2.13. The lowest BCUT2D eigenvalue weighted by molar-refractivity contribution is 0.299. The van der Waals surface area contributed by atoms with Crippen LogP contribution in [-0.2, 0) is 6.61 Å². The fourth-order valence-electron chi connectivity index (χ4n) is 1.36. The molecule has 2 aromatic rings. The molecule has 0 unspecified atom stereocenters. The zero-order chi connectivity index (χ0) is 12.1. The Morgan fingerprint density at radius 3 is 2.82 bits per heavy atom. The Morgan fingerprint density at radius 1 is 1.24 bits per heavy atom. The Labute approximate surface area is 108 Å². The van der Waals surface area contributed by atoms with Gasteiger partial charge in [0.15, 0.2) is 0 Å². The lowest BCUT2D eigenvalue weighted by Crippen LogP contribution is -2.01. The van der Waals surface area contributed by atoms with Crippen molar-refractivity contribution < 1.29 is 4.74 Å². The van der Waals surface area contributed by atoms with E-state index in [2.05, 4.69) is 27.0 Å². The van der Waals surface area contributed by atoms with E-state index in [0.29, 0.717) is 11.3 Å². The number of nitrogens with zero attached hydrogens (tertiary/aromatic N) is 2. The minimum absolute atomic E-state index is 0.284. The molecule has 0 fully saturated rings. The molecular formula is C13H9BrN2O. The van der Waals surface area contributed by atoms with Crippen LogP contribution in [0.5, 0.6) is 5.75 Å². The number of aromatic nitrogens is 1. The third-order valence-electron chi connectivity index (χ3n) is 2.21. The predicted molar refractivity (Wildman–Crippen MR) is 67.4 cm³/mol. The third kappa shape index (κ3) is 2.83. The van der Waals surface area contributed by atoms with Gasteiger partial charge in [0, 0.05) is 6.20 Å². The maximum Gasteiger partial charge on any atom is 0.134 e. The van der Waals surface area contributed by atoms with Crippen LogP contribution in [0, 0.1) is 11.3 Å². The second-order valence-corrected chi connectivity index (χ2v) is 4.18. The molecule has 0 radical (unpaired) electrons. The molecule has 84 valence electrons. The summed E-state index contributed by atoms with van der Waals surface area (Å²) in [6.07, 6.45) is 1.65. The Bertz CT molecular complexity index is 563. The fraction of sp³-hybridized carbons (Fsp3) is 0.0769. The van der Waals surface area contributed by atoms with Crippen LogP contribution in [0.2, 0.25) is 0 Å². The van der Waals surface area contributed by atoms with Crippen LogP contribution in [0.3, 0.4) is 0 Å². The van der Waals surface area contributed by atoms with E-state index in [1.54, 1.807) is 18.3 Å². The molecule has 2 rings (SSSR count). The van der Waals surface area contributed by atoms with Crippen molar-refractivity contribution in [1.29, 1.82) is 5.26 Å². The first kappa shape index (κ1) is 11.6. The van der Waals surface area contributed by atoms with Crippen molar-refractivity contribution in [3.8, 4) is 11.8 Å². The Morgan fingerprint density at radius 2 is 2.06 bits per heavy atom. The number of halogens is 1. The minimum Gasteiger partial charge on any atom is -0.486 e. The molecule has 0 aliphatic heterocycles. The summed E-state index contributed by atoms with van der Waals surface area (Å²) in [5.41, 5.74) is 1.19. The maximum atomic E-state index is 8.92. The summed E-state index contributed by atoms with van der Waals surface area (Å²) in [4.78, 5) is 4.13. The van der Waals surface area contributed by atoms with E-state index in [9.17, 15) is 0 Å². The highest BCUT2D eigenvalue weighted by Crippen LogP contribution is 2.24. The topological polar surface area (TPSA) is 45.9 Å². The molecule has 1 aromatic carbocycles. The molecule has 0 N–H and O–H groups in total. The van der Waals surface area contributed by atoms with Gasteiger partial charge in [-0.1, -0.05) is 12.1 Å². The molecule has 1 heterocycles. The standard InChI is InChI=1S/C13H9BrN2O/c14-11-5-1-2-6-13(11)17-9-12-10(8-15)4-3-7-16-12/h1-7H,9H2. The molecule has 0 amide bonds. The zero-order valence-corrected chi connectivity index (χ0v) is 10.5. The van der Waals surface area contributed by atoms with Crippen molar-refractivity contribution >= 4 is 15.9 Å². The number of para-hydroxylation sites is 1. The smallest absolute Gasteiger partial charge is 0.134 e. The summed E-state index contributed by atoms with van der Waals surface area (Å²) in [7, 11) is 0. The van der Waals surface area contributed by atoms with Crippen LogP contribution >= 0.6 is 15.9 Å². The van der Waals surface area contributed by atoms with E-state index in [1.807, 2.05) is 24.3 Å². The molecule has 1 aromatic heterocycles. The van der Waals surface area contributed by atoms with Crippen LogP contribution in [0.15, 0.2) is 47.1 Å². The normalized spacial score (nSPS) is 9.65. The highest BCUT2D eigenvalue weighted by atomic mass is 79.9. The highest BCUT2D eigenvalue weighted by Gasteiger charge is 2.05. The Kier molecular flexibility index (Phi) is 3.73. The van der Waals surface area contributed by atoms with Gasteiger partial charge in [-0.25, -0.2) is 0 Å². The molecule has 0 atom stereocenters. The average molecular weight is 289 g/mol. The third-order valence-corrected chi connectivity index (χ3v) is 2.87. The van der Waals surface area contributed by atoms with E-state index in [-0.39, 0.29) is 6.61 Å². The molecule has 0 saturated carbocycles. The second kappa shape index (κ2) is 5.46. The van der Waals surface area contributed by atoms with Gasteiger partial charge in [0.2, 0.25) is 0 Å². The number of hydrogen-bond acceptors (Lipinski definition) is 3. The van der Waals surface area contributed by atoms with Gasteiger partial charge in [-0.15, -0.1) is 0 Å². The van der Waals surface area contributed by atoms with Crippen molar-refractivity contribution in [2.75, 3.05) is 0 Å². The van der Waals surface area contributed by atoms with E-state index in [1.165, 1.54) is 0 Å². The predicted octanol–water partition coefficient (Wildman–Crippen LogP) is 3.29. The lowest BCUT2D eigenvalue weighted by Gasteiger charge is -2.08. The number of benzene rings is 1. The van der Waals surface area contributed by atoms with Crippen molar-refractivity contribution in [2.24, 2.45) is 0 Å².